The number of rotatable bonds is 6. The first-order valence-corrected chi connectivity index (χ1v) is 7.79. The second-order valence-corrected chi connectivity index (χ2v) is 5.94. The Morgan fingerprint density at radius 1 is 1.13 bits per heavy atom. The molecular weight excluding hydrogens is 308 g/mol. The fraction of sp³-hybridized carbons (Fsp3) is 0.222. The molecular formula is C18H20N2O2S. The van der Waals surface area contributed by atoms with E-state index >= 15 is 0 Å². The van der Waals surface area contributed by atoms with Crippen LogP contribution in [0.25, 0.3) is 0 Å². The number of hydrogen-bond acceptors (Lipinski definition) is 3. The molecule has 5 heteroatoms. The zero-order chi connectivity index (χ0) is 16.8. The summed E-state index contributed by atoms with van der Waals surface area (Å²) in [6.45, 7) is 4.22. The summed E-state index contributed by atoms with van der Waals surface area (Å²) in [5.41, 5.74) is 8.20. The Bertz CT molecular complexity index is 679. The van der Waals surface area contributed by atoms with E-state index < -0.39 is 0 Å². The van der Waals surface area contributed by atoms with Crippen LogP contribution in [0.1, 0.15) is 30.9 Å². The minimum atomic E-state index is -0.221. The number of ether oxygens (including phenoxy) is 1. The van der Waals surface area contributed by atoms with Crippen molar-refractivity contribution in [3.8, 4) is 5.75 Å². The van der Waals surface area contributed by atoms with Gasteiger partial charge in [0.25, 0.3) is 5.91 Å². The molecule has 0 saturated heterocycles. The van der Waals surface area contributed by atoms with Gasteiger partial charge < -0.3 is 15.8 Å². The molecule has 0 saturated carbocycles. The third kappa shape index (κ3) is 5.07. The van der Waals surface area contributed by atoms with Gasteiger partial charge in [-0.15, -0.1) is 0 Å². The molecule has 0 radical (unpaired) electrons. The van der Waals surface area contributed by atoms with Crippen LogP contribution in [0, 0.1) is 0 Å². The molecule has 0 bridgehead atoms. The van der Waals surface area contributed by atoms with Crippen LogP contribution in [0.5, 0.6) is 5.75 Å². The maximum Gasteiger partial charge on any atom is 0.262 e. The molecule has 4 nitrogen and oxygen atoms in total. The summed E-state index contributed by atoms with van der Waals surface area (Å²) in [6, 6.07) is 14.8. The highest BCUT2D eigenvalue weighted by Crippen LogP contribution is 2.18. The molecule has 0 spiro atoms. The molecule has 0 aliphatic heterocycles. The standard InChI is InChI=1S/C18H20N2O2S/c1-12(2)13-5-9-16(10-6-13)22-11-17(21)20-15-7-3-14(4-8-15)18(19)23/h3-10,12H,11H2,1-2H3,(H2,19,23)(H,20,21). The van der Waals surface area contributed by atoms with Gasteiger partial charge in [-0.1, -0.05) is 38.2 Å². The average Bonchev–Trinajstić information content (AvgIpc) is 2.54. The molecule has 3 N–H and O–H groups in total. The SMILES string of the molecule is CC(C)c1ccc(OCC(=O)Nc2ccc(C(N)=S)cc2)cc1. The molecule has 0 aliphatic carbocycles. The Kier molecular flexibility index (Phi) is 5.71. The van der Waals surface area contributed by atoms with Gasteiger partial charge in [-0.05, 0) is 47.9 Å². The van der Waals surface area contributed by atoms with Gasteiger partial charge in [0.2, 0.25) is 0 Å². The average molecular weight is 328 g/mol. The van der Waals surface area contributed by atoms with E-state index in [2.05, 4.69) is 19.2 Å². The molecule has 0 fully saturated rings. The molecule has 0 atom stereocenters. The lowest BCUT2D eigenvalue weighted by Crippen LogP contribution is -2.20. The van der Waals surface area contributed by atoms with Crippen molar-refractivity contribution in [2.45, 2.75) is 19.8 Å². The number of benzene rings is 2. The van der Waals surface area contributed by atoms with E-state index in [-0.39, 0.29) is 12.5 Å². The Morgan fingerprint density at radius 2 is 1.74 bits per heavy atom. The van der Waals surface area contributed by atoms with Crippen LogP contribution in [0.2, 0.25) is 0 Å². The van der Waals surface area contributed by atoms with Crippen molar-refractivity contribution in [3.05, 3.63) is 59.7 Å². The molecule has 120 valence electrons. The number of nitrogens with two attached hydrogens (primary N) is 1. The highest BCUT2D eigenvalue weighted by Gasteiger charge is 2.05. The van der Waals surface area contributed by atoms with Gasteiger partial charge in [0.1, 0.15) is 10.7 Å². The summed E-state index contributed by atoms with van der Waals surface area (Å²) < 4.78 is 5.48. The van der Waals surface area contributed by atoms with Crippen LogP contribution < -0.4 is 15.8 Å². The monoisotopic (exact) mass is 328 g/mol. The Hall–Kier alpha value is -2.40. The largest absolute Gasteiger partial charge is 0.484 e. The van der Waals surface area contributed by atoms with Crippen molar-refractivity contribution in [2.24, 2.45) is 5.73 Å². The molecule has 1 amide bonds. The first-order valence-electron chi connectivity index (χ1n) is 7.38. The number of thiocarbonyl (C=S) groups is 1. The van der Waals surface area contributed by atoms with Crippen LogP contribution in [-0.4, -0.2) is 17.5 Å². The van der Waals surface area contributed by atoms with Gasteiger partial charge in [0.15, 0.2) is 6.61 Å². The van der Waals surface area contributed by atoms with Crippen LogP contribution >= 0.6 is 12.2 Å². The first-order chi connectivity index (χ1) is 11.0. The third-order valence-corrected chi connectivity index (χ3v) is 3.61. The van der Waals surface area contributed by atoms with Crippen molar-refractivity contribution < 1.29 is 9.53 Å². The lowest BCUT2D eigenvalue weighted by molar-refractivity contribution is -0.118. The minimum Gasteiger partial charge on any atom is -0.484 e. The lowest BCUT2D eigenvalue weighted by atomic mass is 10.0. The van der Waals surface area contributed by atoms with Crippen LogP contribution in [0.15, 0.2) is 48.5 Å². The summed E-state index contributed by atoms with van der Waals surface area (Å²) in [5.74, 6) is 0.922. The number of hydrogen-bond donors (Lipinski definition) is 2. The quantitative estimate of drug-likeness (QED) is 0.797. The molecule has 0 aliphatic rings. The normalized spacial score (nSPS) is 10.4. The molecule has 23 heavy (non-hydrogen) atoms. The van der Waals surface area contributed by atoms with Crippen molar-refractivity contribution in [3.63, 3.8) is 0 Å². The van der Waals surface area contributed by atoms with Gasteiger partial charge in [-0.3, -0.25) is 4.79 Å². The summed E-state index contributed by atoms with van der Waals surface area (Å²) in [6.07, 6.45) is 0. The van der Waals surface area contributed by atoms with Crippen molar-refractivity contribution in [1.82, 2.24) is 0 Å². The van der Waals surface area contributed by atoms with E-state index in [0.717, 1.165) is 5.56 Å². The van der Waals surface area contributed by atoms with Gasteiger partial charge in [-0.2, -0.15) is 0 Å². The van der Waals surface area contributed by atoms with Gasteiger partial charge in [-0.25, -0.2) is 0 Å². The van der Waals surface area contributed by atoms with E-state index in [0.29, 0.717) is 22.3 Å². The minimum absolute atomic E-state index is 0.0436. The molecule has 0 aromatic heterocycles. The van der Waals surface area contributed by atoms with E-state index in [9.17, 15) is 4.79 Å². The first kappa shape index (κ1) is 17.0. The smallest absolute Gasteiger partial charge is 0.262 e. The topological polar surface area (TPSA) is 64.3 Å². The molecule has 2 aromatic carbocycles. The van der Waals surface area contributed by atoms with Crippen LogP contribution in [0.3, 0.4) is 0 Å². The zero-order valence-electron chi connectivity index (χ0n) is 13.2. The molecule has 2 rings (SSSR count). The van der Waals surface area contributed by atoms with E-state index in [1.54, 1.807) is 24.3 Å². The van der Waals surface area contributed by atoms with E-state index in [1.165, 1.54) is 5.56 Å². The molecule has 0 heterocycles. The highest BCUT2D eigenvalue weighted by molar-refractivity contribution is 7.80. The zero-order valence-corrected chi connectivity index (χ0v) is 14.0. The lowest BCUT2D eigenvalue weighted by Gasteiger charge is -2.09. The summed E-state index contributed by atoms with van der Waals surface area (Å²) in [4.78, 5) is 12.2. The Labute approximate surface area is 141 Å². The second kappa shape index (κ2) is 7.74. The fourth-order valence-electron chi connectivity index (χ4n) is 2.01. The number of carbonyl (C=O) groups is 1. The van der Waals surface area contributed by atoms with Gasteiger partial charge in [0.05, 0.1) is 0 Å². The predicted octanol–water partition coefficient (Wildman–Crippen LogP) is 3.46. The third-order valence-electron chi connectivity index (χ3n) is 3.37. The Balaban J connectivity index is 1.86. The van der Waals surface area contributed by atoms with Crippen LogP contribution in [-0.2, 0) is 4.79 Å². The highest BCUT2D eigenvalue weighted by atomic mass is 32.1. The number of nitrogens with one attached hydrogen (secondary N) is 1. The maximum absolute atomic E-state index is 11.9. The second-order valence-electron chi connectivity index (χ2n) is 5.50. The number of anilines is 1. The number of carbonyl (C=O) groups excluding carboxylic acids is 1. The molecule has 0 unspecified atom stereocenters. The molecule has 2 aromatic rings. The van der Waals surface area contributed by atoms with Gasteiger partial charge in [0, 0.05) is 11.3 Å². The van der Waals surface area contributed by atoms with Crippen molar-refractivity contribution >= 4 is 28.8 Å². The maximum atomic E-state index is 11.9. The van der Waals surface area contributed by atoms with Gasteiger partial charge >= 0.3 is 0 Å². The predicted molar refractivity (Wildman–Crippen MR) is 97.0 cm³/mol. The number of amides is 1. The summed E-state index contributed by atoms with van der Waals surface area (Å²) in [5, 5.41) is 2.76. The van der Waals surface area contributed by atoms with E-state index in [1.807, 2.05) is 24.3 Å². The van der Waals surface area contributed by atoms with Crippen molar-refractivity contribution in [2.75, 3.05) is 11.9 Å². The summed E-state index contributed by atoms with van der Waals surface area (Å²) in [7, 11) is 0. The van der Waals surface area contributed by atoms with Crippen LogP contribution in [0.4, 0.5) is 5.69 Å². The Morgan fingerprint density at radius 3 is 2.26 bits per heavy atom. The fourth-order valence-corrected chi connectivity index (χ4v) is 2.15. The van der Waals surface area contributed by atoms with Crippen molar-refractivity contribution in [1.29, 1.82) is 0 Å². The summed E-state index contributed by atoms with van der Waals surface area (Å²) >= 11 is 4.88. The van der Waals surface area contributed by atoms with E-state index in [4.69, 9.17) is 22.7 Å².